The average Bonchev–Trinajstić information content (AvgIpc) is 2.41. The number of benzene rings is 1. The van der Waals surface area contributed by atoms with E-state index in [1.165, 1.54) is 12.1 Å². The van der Waals surface area contributed by atoms with Crippen LogP contribution in [0, 0.1) is 6.92 Å². The van der Waals surface area contributed by atoms with Crippen LogP contribution in [0.5, 0.6) is 0 Å². The zero-order chi connectivity index (χ0) is 14.8. The number of nitrogens with one attached hydrogen (secondary N) is 1. The Morgan fingerprint density at radius 1 is 1.35 bits per heavy atom. The molecular formula is C14H18N2O4. The Kier molecular flexibility index (Phi) is 4.06. The summed E-state index contributed by atoms with van der Waals surface area (Å²) in [6.07, 6.45) is 0.955. The van der Waals surface area contributed by atoms with Gasteiger partial charge in [0.2, 0.25) is 5.91 Å². The van der Waals surface area contributed by atoms with Crippen LogP contribution in [0.2, 0.25) is 0 Å². The predicted octanol–water partition coefficient (Wildman–Crippen LogP) is 1.14. The fourth-order valence-corrected chi connectivity index (χ4v) is 2.15. The highest BCUT2D eigenvalue weighted by molar-refractivity contribution is 5.99. The molecule has 4 N–H and O–H groups in total. The van der Waals surface area contributed by atoms with Crippen LogP contribution in [0.15, 0.2) is 18.2 Å². The van der Waals surface area contributed by atoms with Gasteiger partial charge >= 0.3 is 5.97 Å². The molecule has 1 aliphatic heterocycles. The Morgan fingerprint density at radius 3 is 2.55 bits per heavy atom. The first-order valence-corrected chi connectivity index (χ1v) is 6.44. The van der Waals surface area contributed by atoms with Crippen molar-refractivity contribution in [3.05, 3.63) is 29.3 Å². The third-order valence-electron chi connectivity index (χ3n) is 3.56. The van der Waals surface area contributed by atoms with Gasteiger partial charge in [0.15, 0.2) is 0 Å². The Bertz CT molecular complexity index is 536. The fourth-order valence-electron chi connectivity index (χ4n) is 2.15. The maximum atomic E-state index is 12.3. The fraction of sp³-hybridized carbons (Fsp3) is 0.429. The van der Waals surface area contributed by atoms with E-state index in [0.29, 0.717) is 37.3 Å². The van der Waals surface area contributed by atoms with Crippen LogP contribution in [-0.4, -0.2) is 35.7 Å². The Hall–Kier alpha value is -1.92. The van der Waals surface area contributed by atoms with Crippen molar-refractivity contribution < 1.29 is 19.4 Å². The summed E-state index contributed by atoms with van der Waals surface area (Å²) >= 11 is 0. The monoisotopic (exact) mass is 278 g/mol. The summed E-state index contributed by atoms with van der Waals surface area (Å²) in [4.78, 5) is 23.1. The quantitative estimate of drug-likeness (QED) is 0.769. The van der Waals surface area contributed by atoms with Gasteiger partial charge in [-0.1, -0.05) is 0 Å². The van der Waals surface area contributed by atoms with E-state index in [1.807, 2.05) is 0 Å². The predicted molar refractivity (Wildman–Crippen MR) is 73.7 cm³/mol. The van der Waals surface area contributed by atoms with E-state index in [9.17, 15) is 9.59 Å². The molecular weight excluding hydrogens is 260 g/mol. The number of ether oxygens (including phenoxy) is 1. The standard InChI is InChI=1S/C14H18N2O4/c1-9-8-10(12(17)18)2-3-11(9)16-13(19)14(15)4-6-20-7-5-14/h2-3,8H,4-7,15H2,1H3,(H,16,19)(H,17,18). The molecule has 1 saturated heterocycles. The number of hydrogen-bond acceptors (Lipinski definition) is 4. The Labute approximate surface area is 116 Å². The lowest BCUT2D eigenvalue weighted by molar-refractivity contribution is -0.124. The maximum Gasteiger partial charge on any atom is 0.335 e. The normalized spacial score (nSPS) is 17.5. The molecule has 1 aromatic rings. The van der Waals surface area contributed by atoms with Crippen molar-refractivity contribution in [2.24, 2.45) is 5.73 Å². The largest absolute Gasteiger partial charge is 0.478 e. The van der Waals surface area contributed by atoms with Crippen LogP contribution < -0.4 is 11.1 Å². The van der Waals surface area contributed by atoms with Crippen molar-refractivity contribution in [3.8, 4) is 0 Å². The summed E-state index contributed by atoms with van der Waals surface area (Å²) in [5, 5.41) is 11.7. The number of aryl methyl sites for hydroxylation is 1. The number of rotatable bonds is 3. The van der Waals surface area contributed by atoms with Crippen molar-refractivity contribution in [3.63, 3.8) is 0 Å². The summed E-state index contributed by atoms with van der Waals surface area (Å²) in [7, 11) is 0. The summed E-state index contributed by atoms with van der Waals surface area (Å²) < 4.78 is 5.21. The van der Waals surface area contributed by atoms with E-state index < -0.39 is 11.5 Å². The zero-order valence-corrected chi connectivity index (χ0v) is 11.3. The molecule has 20 heavy (non-hydrogen) atoms. The first kappa shape index (κ1) is 14.5. The molecule has 6 nitrogen and oxygen atoms in total. The first-order chi connectivity index (χ1) is 9.42. The molecule has 6 heteroatoms. The van der Waals surface area contributed by atoms with Gasteiger partial charge in [0, 0.05) is 18.9 Å². The number of carbonyl (C=O) groups is 2. The number of aromatic carboxylic acids is 1. The van der Waals surface area contributed by atoms with Crippen LogP contribution in [-0.2, 0) is 9.53 Å². The number of carboxylic acid groups (broad SMARTS) is 1. The van der Waals surface area contributed by atoms with Gasteiger partial charge < -0.3 is 20.9 Å². The van der Waals surface area contributed by atoms with Crippen LogP contribution >= 0.6 is 0 Å². The van der Waals surface area contributed by atoms with E-state index in [0.717, 1.165) is 0 Å². The molecule has 2 rings (SSSR count). The van der Waals surface area contributed by atoms with Gasteiger partial charge in [-0.3, -0.25) is 4.79 Å². The third-order valence-corrected chi connectivity index (χ3v) is 3.56. The number of hydrogen-bond donors (Lipinski definition) is 3. The van der Waals surface area contributed by atoms with Crippen LogP contribution in [0.1, 0.15) is 28.8 Å². The van der Waals surface area contributed by atoms with E-state index in [-0.39, 0.29) is 11.5 Å². The lowest BCUT2D eigenvalue weighted by Crippen LogP contribution is -2.54. The highest BCUT2D eigenvalue weighted by Gasteiger charge is 2.36. The number of carboxylic acids is 1. The second-order valence-electron chi connectivity index (χ2n) is 5.06. The van der Waals surface area contributed by atoms with Gasteiger partial charge in [0.1, 0.15) is 5.54 Å². The molecule has 0 unspecified atom stereocenters. The minimum absolute atomic E-state index is 0.189. The molecule has 0 spiro atoms. The van der Waals surface area contributed by atoms with Gasteiger partial charge in [-0.2, -0.15) is 0 Å². The molecule has 0 bridgehead atoms. The minimum Gasteiger partial charge on any atom is -0.478 e. The molecule has 0 aliphatic carbocycles. The summed E-state index contributed by atoms with van der Waals surface area (Å²) in [6.45, 7) is 2.69. The second-order valence-corrected chi connectivity index (χ2v) is 5.06. The number of carbonyl (C=O) groups excluding carboxylic acids is 1. The molecule has 0 saturated carbocycles. The molecule has 0 atom stereocenters. The van der Waals surface area contributed by atoms with Crippen molar-refractivity contribution in [2.75, 3.05) is 18.5 Å². The third kappa shape index (κ3) is 2.97. The van der Waals surface area contributed by atoms with Crippen LogP contribution in [0.3, 0.4) is 0 Å². The molecule has 1 amide bonds. The SMILES string of the molecule is Cc1cc(C(=O)O)ccc1NC(=O)C1(N)CCOCC1. The molecule has 1 heterocycles. The lowest BCUT2D eigenvalue weighted by atomic mass is 9.90. The zero-order valence-electron chi connectivity index (χ0n) is 11.3. The van der Waals surface area contributed by atoms with Gasteiger partial charge in [-0.15, -0.1) is 0 Å². The number of amides is 1. The smallest absolute Gasteiger partial charge is 0.335 e. The summed E-state index contributed by atoms with van der Waals surface area (Å²) in [5.41, 5.74) is 6.63. The molecule has 0 radical (unpaired) electrons. The summed E-state index contributed by atoms with van der Waals surface area (Å²) in [6, 6.07) is 4.56. The van der Waals surface area contributed by atoms with Crippen LogP contribution in [0.25, 0.3) is 0 Å². The van der Waals surface area contributed by atoms with Gasteiger partial charge in [0.25, 0.3) is 0 Å². The van der Waals surface area contributed by atoms with Crippen molar-refractivity contribution >= 4 is 17.6 Å². The lowest BCUT2D eigenvalue weighted by Gasteiger charge is -2.32. The van der Waals surface area contributed by atoms with E-state index in [2.05, 4.69) is 5.32 Å². The molecule has 1 aliphatic rings. The van der Waals surface area contributed by atoms with Crippen LogP contribution in [0.4, 0.5) is 5.69 Å². The van der Waals surface area contributed by atoms with E-state index >= 15 is 0 Å². The van der Waals surface area contributed by atoms with Crippen molar-refractivity contribution in [2.45, 2.75) is 25.3 Å². The van der Waals surface area contributed by atoms with E-state index in [4.69, 9.17) is 15.6 Å². The molecule has 0 aromatic heterocycles. The number of anilines is 1. The van der Waals surface area contributed by atoms with Gasteiger partial charge in [-0.05, 0) is 43.5 Å². The average molecular weight is 278 g/mol. The van der Waals surface area contributed by atoms with Crippen molar-refractivity contribution in [1.29, 1.82) is 0 Å². The highest BCUT2D eigenvalue weighted by atomic mass is 16.5. The van der Waals surface area contributed by atoms with E-state index in [1.54, 1.807) is 13.0 Å². The Balaban J connectivity index is 2.13. The first-order valence-electron chi connectivity index (χ1n) is 6.44. The second kappa shape index (κ2) is 5.60. The molecule has 1 aromatic carbocycles. The van der Waals surface area contributed by atoms with Crippen molar-refractivity contribution in [1.82, 2.24) is 0 Å². The minimum atomic E-state index is -0.995. The highest BCUT2D eigenvalue weighted by Crippen LogP contribution is 2.22. The summed E-state index contributed by atoms with van der Waals surface area (Å²) in [5.74, 6) is -1.25. The number of nitrogens with two attached hydrogens (primary N) is 1. The maximum absolute atomic E-state index is 12.3. The molecule has 108 valence electrons. The molecule has 1 fully saturated rings. The van der Waals surface area contributed by atoms with Gasteiger partial charge in [0.05, 0.1) is 5.56 Å². The topological polar surface area (TPSA) is 102 Å². The Morgan fingerprint density at radius 2 is 2.00 bits per heavy atom. The van der Waals surface area contributed by atoms with Gasteiger partial charge in [-0.25, -0.2) is 4.79 Å².